The Hall–Kier alpha value is -3.70. The fourth-order valence-corrected chi connectivity index (χ4v) is 10.7. The summed E-state index contributed by atoms with van der Waals surface area (Å²) in [6, 6.07) is 9.66. The monoisotopic (exact) mass is 698 g/mol. The van der Waals surface area contributed by atoms with E-state index in [-0.39, 0.29) is 22.9 Å². The number of hydrogen-bond acceptors (Lipinski definition) is 13. The minimum atomic E-state index is -4.85. The number of fused-ring (bicyclic) bond motifs is 3. The van der Waals surface area contributed by atoms with E-state index < -0.39 is 32.9 Å². The Kier molecular flexibility index (Phi) is 7.78. The molecule has 47 heavy (non-hydrogen) atoms. The molecule has 6 heterocycles. The smallest absolute Gasteiger partial charge is 0.332 e. The molecule has 2 aromatic heterocycles. The number of nitrogen functional groups attached to an aromatic ring is 1. The third-order valence-electron chi connectivity index (χ3n) is 10.00. The van der Waals surface area contributed by atoms with Gasteiger partial charge in [0.15, 0.2) is 11.6 Å². The second-order valence-electron chi connectivity index (χ2n) is 12.7. The van der Waals surface area contributed by atoms with Crippen LogP contribution in [0.1, 0.15) is 59.4 Å². The van der Waals surface area contributed by atoms with E-state index in [9.17, 15) is 27.2 Å². The number of nitrogens with zero attached hydrogens (tertiary/aromatic N) is 7. The molecule has 4 aliphatic heterocycles. The van der Waals surface area contributed by atoms with Gasteiger partial charge in [-0.3, -0.25) is 4.90 Å². The topological polar surface area (TPSA) is 152 Å². The molecular formula is C31H32F2N8O3S3. The van der Waals surface area contributed by atoms with Gasteiger partial charge in [0.2, 0.25) is 0 Å². The molecule has 246 valence electrons. The highest BCUT2D eigenvalue weighted by atomic mass is 32.3. The summed E-state index contributed by atoms with van der Waals surface area (Å²) in [5, 5.41) is 20.9. The molecule has 3 fully saturated rings. The lowest BCUT2D eigenvalue weighted by atomic mass is 9.88. The number of anilines is 3. The molecule has 0 saturated carbocycles. The zero-order valence-corrected chi connectivity index (χ0v) is 28.2. The summed E-state index contributed by atoms with van der Waals surface area (Å²) >= 11 is 3.21. The van der Waals surface area contributed by atoms with Crippen molar-refractivity contribution < 1.29 is 21.4 Å². The molecule has 1 spiro atoms. The Morgan fingerprint density at radius 3 is 2.62 bits per heavy atom. The van der Waals surface area contributed by atoms with E-state index in [4.69, 9.17) is 20.4 Å². The van der Waals surface area contributed by atoms with Crippen molar-refractivity contribution in [2.45, 2.75) is 59.3 Å². The molecule has 0 radical (unpaired) electrons. The minimum Gasteiger partial charge on any atom is -0.461 e. The van der Waals surface area contributed by atoms with Crippen molar-refractivity contribution in [3.05, 3.63) is 51.4 Å². The van der Waals surface area contributed by atoms with Gasteiger partial charge < -0.3 is 20.3 Å². The first kappa shape index (κ1) is 31.9. The first-order valence-corrected chi connectivity index (χ1v) is 18.4. The Morgan fingerprint density at radius 1 is 1.21 bits per heavy atom. The number of thiophene rings is 1. The highest BCUT2D eigenvalue weighted by Crippen LogP contribution is 2.58. The molecule has 0 aliphatic carbocycles. The van der Waals surface area contributed by atoms with Gasteiger partial charge in [0.25, 0.3) is 0 Å². The summed E-state index contributed by atoms with van der Waals surface area (Å²) in [6.07, 6.45) is 1.22. The molecule has 1 aromatic carbocycles. The van der Waals surface area contributed by atoms with Crippen LogP contribution in [0, 0.1) is 22.7 Å². The van der Waals surface area contributed by atoms with E-state index in [0.29, 0.717) is 53.8 Å². The van der Waals surface area contributed by atoms with Crippen LogP contribution in [-0.4, -0.2) is 74.8 Å². The molecule has 2 N–H and O–H groups in total. The Labute approximate surface area is 280 Å². The van der Waals surface area contributed by atoms with Crippen LogP contribution in [0.4, 0.5) is 24.9 Å². The van der Waals surface area contributed by atoms with E-state index >= 15 is 0 Å². The normalized spacial score (nSPS) is 23.5. The second kappa shape index (κ2) is 11.5. The third kappa shape index (κ3) is 5.26. The van der Waals surface area contributed by atoms with Crippen molar-refractivity contribution in [3.8, 4) is 18.1 Å². The largest absolute Gasteiger partial charge is 0.461 e. The predicted molar refractivity (Wildman–Crippen MR) is 175 cm³/mol. The number of aromatic nitrogens is 2. The lowest BCUT2D eigenvalue weighted by Gasteiger charge is -2.48. The number of hydrogen-bond donors (Lipinski definition) is 1. The molecule has 3 atom stereocenters. The number of rotatable bonds is 8. The van der Waals surface area contributed by atoms with Gasteiger partial charge >= 0.3 is 16.2 Å². The Bertz CT molecular complexity index is 1940. The SMILES string of the molecule is CC(c1ccc(S(=O)(=O)F)cc1)N(C)c1nc(OC[C@@]23CCCN2C[C@H](F)C3)nc(N2CC3(C2)SCc2sc(N)c(C#N)c23)c1C#N. The summed E-state index contributed by atoms with van der Waals surface area (Å²) in [4.78, 5) is 16.0. The van der Waals surface area contributed by atoms with E-state index in [1.54, 1.807) is 23.7 Å². The van der Waals surface area contributed by atoms with Crippen LogP contribution in [0.3, 0.4) is 0 Å². The molecule has 7 rings (SSSR count). The minimum absolute atomic E-state index is 0.0636. The molecule has 16 heteroatoms. The van der Waals surface area contributed by atoms with Gasteiger partial charge in [-0.05, 0) is 44.0 Å². The zero-order chi connectivity index (χ0) is 33.3. The first-order valence-electron chi connectivity index (χ1n) is 15.2. The van der Waals surface area contributed by atoms with Gasteiger partial charge in [0.1, 0.15) is 35.5 Å². The standard InChI is InChI=1S/C31H32F2N8O3S3/c1-18(19-4-6-21(7-5-19)47(33,42)43)39(2)27-23(12-35)28(38-29(37-27)44-17-30-8-3-9-41(30)13-20(32)10-30)40-15-31(16-40)25-22(11-34)26(36)46-24(25)14-45-31/h4-7,18,20H,3,8-10,13-17,36H2,1-2H3/t18?,20-,30+/m1/s1. The van der Waals surface area contributed by atoms with Gasteiger partial charge in [-0.25, -0.2) is 4.39 Å². The van der Waals surface area contributed by atoms with E-state index in [2.05, 4.69) is 17.0 Å². The number of ether oxygens (including phenoxy) is 1. The maximum absolute atomic E-state index is 14.5. The first-order chi connectivity index (χ1) is 22.4. The molecule has 0 bridgehead atoms. The number of nitrogens with two attached hydrogens (primary N) is 1. The average molecular weight is 699 g/mol. The van der Waals surface area contributed by atoms with Crippen LogP contribution in [0.2, 0.25) is 0 Å². The van der Waals surface area contributed by atoms with Gasteiger partial charge in [-0.1, -0.05) is 12.1 Å². The van der Waals surface area contributed by atoms with Gasteiger partial charge in [-0.15, -0.1) is 27.0 Å². The average Bonchev–Trinajstić information content (AvgIpc) is 3.75. The number of thioether (sulfide) groups is 1. The lowest BCUT2D eigenvalue weighted by molar-refractivity contribution is 0.107. The number of benzene rings is 1. The lowest BCUT2D eigenvalue weighted by Crippen LogP contribution is -2.57. The van der Waals surface area contributed by atoms with E-state index in [1.807, 2.05) is 11.8 Å². The molecule has 0 amide bonds. The van der Waals surface area contributed by atoms with Crippen molar-refractivity contribution >= 4 is 50.0 Å². The molecule has 4 aliphatic rings. The van der Waals surface area contributed by atoms with Crippen LogP contribution in [-0.2, 0) is 20.7 Å². The summed E-state index contributed by atoms with van der Waals surface area (Å²) < 4.78 is 56.7. The number of nitriles is 2. The second-order valence-corrected chi connectivity index (χ2v) is 16.5. The van der Waals surface area contributed by atoms with Crippen molar-refractivity contribution in [2.75, 3.05) is 55.4 Å². The highest BCUT2D eigenvalue weighted by molar-refractivity contribution is 8.00. The van der Waals surface area contributed by atoms with E-state index in [0.717, 1.165) is 35.6 Å². The Balaban J connectivity index is 1.23. The van der Waals surface area contributed by atoms with Crippen molar-refractivity contribution in [3.63, 3.8) is 0 Å². The van der Waals surface area contributed by atoms with Crippen molar-refractivity contribution in [1.29, 1.82) is 10.5 Å². The summed E-state index contributed by atoms with van der Waals surface area (Å²) in [5.74, 6) is 1.45. The number of alkyl halides is 1. The Morgan fingerprint density at radius 2 is 1.94 bits per heavy atom. The quantitative estimate of drug-likeness (QED) is 0.326. The van der Waals surface area contributed by atoms with Gasteiger partial charge in [0, 0.05) is 49.3 Å². The summed E-state index contributed by atoms with van der Waals surface area (Å²) in [7, 11) is -3.10. The maximum atomic E-state index is 14.5. The highest BCUT2D eigenvalue weighted by Gasteiger charge is 2.54. The predicted octanol–water partition coefficient (Wildman–Crippen LogP) is 4.64. The summed E-state index contributed by atoms with van der Waals surface area (Å²) in [6.45, 7) is 4.26. The molecule has 1 unspecified atom stereocenters. The fraction of sp³-hybridized carbons (Fsp3) is 0.484. The number of halogens is 2. The van der Waals surface area contributed by atoms with Crippen molar-refractivity contribution in [2.24, 2.45) is 0 Å². The molecular weight excluding hydrogens is 667 g/mol. The van der Waals surface area contributed by atoms with Crippen molar-refractivity contribution in [1.82, 2.24) is 14.9 Å². The van der Waals surface area contributed by atoms with Crippen LogP contribution in [0.15, 0.2) is 29.2 Å². The van der Waals surface area contributed by atoms with Crippen LogP contribution in [0.25, 0.3) is 0 Å². The van der Waals surface area contributed by atoms with E-state index in [1.165, 1.54) is 35.6 Å². The van der Waals surface area contributed by atoms with Crippen LogP contribution in [0.5, 0.6) is 6.01 Å². The zero-order valence-electron chi connectivity index (χ0n) is 25.7. The van der Waals surface area contributed by atoms with Crippen LogP contribution >= 0.6 is 23.1 Å². The molecule has 3 saturated heterocycles. The van der Waals surface area contributed by atoms with Crippen LogP contribution < -0.4 is 20.3 Å². The molecule has 11 nitrogen and oxygen atoms in total. The van der Waals surface area contributed by atoms with Gasteiger partial charge in [0.05, 0.1) is 26.8 Å². The maximum Gasteiger partial charge on any atom is 0.332 e. The fourth-order valence-electron chi connectivity index (χ4n) is 7.47. The molecule has 3 aromatic rings. The summed E-state index contributed by atoms with van der Waals surface area (Å²) in [5.41, 5.74) is 8.13. The third-order valence-corrected chi connectivity index (χ3v) is 13.5. The van der Waals surface area contributed by atoms with Gasteiger partial charge in [-0.2, -0.15) is 28.9 Å².